The highest BCUT2D eigenvalue weighted by Gasteiger charge is 2.14. The van der Waals surface area contributed by atoms with Crippen LogP contribution in [-0.2, 0) is 0 Å². The molecule has 0 radical (unpaired) electrons. The molecule has 0 spiro atoms. The molecule has 1 aromatic carbocycles. The molecule has 0 aliphatic rings. The number of carboxylic acid groups (broad SMARTS) is 1. The molecule has 0 saturated carbocycles. The molecule has 0 unspecified atom stereocenters. The Hall–Kier alpha value is -2.28. The second kappa shape index (κ2) is 4.92. The van der Waals surface area contributed by atoms with E-state index >= 15 is 0 Å². The van der Waals surface area contributed by atoms with Crippen LogP contribution < -0.4 is 5.32 Å². The highest BCUT2D eigenvalue weighted by atomic mass is 32.1. The minimum absolute atomic E-state index is 0.157. The molecule has 0 bridgehead atoms. The van der Waals surface area contributed by atoms with E-state index in [0.717, 1.165) is 11.7 Å². The Kier molecular flexibility index (Phi) is 3.33. The van der Waals surface area contributed by atoms with Crippen molar-refractivity contribution in [3.63, 3.8) is 0 Å². The largest absolute Gasteiger partial charge is 0.478 e. The molecule has 0 aliphatic heterocycles. The van der Waals surface area contributed by atoms with E-state index in [1.54, 1.807) is 19.1 Å². The van der Waals surface area contributed by atoms with Gasteiger partial charge in [-0.2, -0.15) is 8.75 Å². The van der Waals surface area contributed by atoms with Gasteiger partial charge in [0.15, 0.2) is 5.69 Å². The lowest BCUT2D eigenvalue weighted by Gasteiger charge is -2.09. The lowest BCUT2D eigenvalue weighted by Crippen LogP contribution is -2.14. The Morgan fingerprint density at radius 1 is 1.39 bits per heavy atom. The van der Waals surface area contributed by atoms with Crippen molar-refractivity contribution in [1.29, 1.82) is 0 Å². The molecule has 1 heterocycles. The third kappa shape index (κ3) is 2.35. The molecule has 92 valence electrons. The molecule has 1 aromatic heterocycles. The average Bonchev–Trinajstić information content (AvgIpc) is 2.85. The maximum absolute atomic E-state index is 11.8. The molecule has 0 fully saturated rings. The maximum Gasteiger partial charge on any atom is 0.336 e. The van der Waals surface area contributed by atoms with Gasteiger partial charge in [0.2, 0.25) is 0 Å². The molecule has 7 heteroatoms. The third-order valence-corrected chi connectivity index (χ3v) is 2.88. The summed E-state index contributed by atoms with van der Waals surface area (Å²) in [6.07, 6.45) is 1.36. The number of carbonyl (C=O) groups is 2. The summed E-state index contributed by atoms with van der Waals surface area (Å²) in [6, 6.07) is 4.70. The quantitative estimate of drug-likeness (QED) is 0.880. The second-order valence-electron chi connectivity index (χ2n) is 3.53. The number of anilines is 1. The molecule has 2 N–H and O–H groups in total. The number of nitrogens with one attached hydrogen (secondary N) is 1. The summed E-state index contributed by atoms with van der Waals surface area (Å²) < 4.78 is 7.53. The zero-order valence-electron chi connectivity index (χ0n) is 9.38. The maximum atomic E-state index is 11.8. The number of nitrogens with zero attached hydrogens (tertiary/aromatic N) is 2. The van der Waals surface area contributed by atoms with Gasteiger partial charge in [-0.25, -0.2) is 4.79 Å². The molecule has 2 aromatic rings. The second-order valence-corrected chi connectivity index (χ2v) is 4.09. The third-order valence-electron chi connectivity index (χ3n) is 2.41. The number of rotatable bonds is 3. The van der Waals surface area contributed by atoms with Crippen molar-refractivity contribution in [2.45, 2.75) is 6.92 Å². The van der Waals surface area contributed by atoms with Crippen LogP contribution in [0.5, 0.6) is 0 Å². The van der Waals surface area contributed by atoms with Gasteiger partial charge < -0.3 is 10.4 Å². The van der Waals surface area contributed by atoms with Gasteiger partial charge in [0, 0.05) is 5.69 Å². The van der Waals surface area contributed by atoms with Crippen LogP contribution in [0.15, 0.2) is 24.4 Å². The minimum Gasteiger partial charge on any atom is -0.478 e. The number of carboxylic acids is 1. The van der Waals surface area contributed by atoms with Gasteiger partial charge in [-0.1, -0.05) is 6.07 Å². The smallest absolute Gasteiger partial charge is 0.336 e. The van der Waals surface area contributed by atoms with Crippen LogP contribution in [0.1, 0.15) is 26.4 Å². The Morgan fingerprint density at radius 2 is 2.17 bits per heavy atom. The highest BCUT2D eigenvalue weighted by molar-refractivity contribution is 6.99. The first-order valence-corrected chi connectivity index (χ1v) is 5.74. The SMILES string of the molecule is Cc1c(NC(=O)c2cnsn2)cccc1C(=O)O. The van der Waals surface area contributed by atoms with Crippen molar-refractivity contribution in [3.8, 4) is 0 Å². The number of aromatic nitrogens is 2. The number of amides is 1. The fourth-order valence-corrected chi connectivity index (χ4v) is 1.87. The molecular formula is C11H9N3O3S. The normalized spacial score (nSPS) is 10.1. The van der Waals surface area contributed by atoms with Crippen LogP contribution in [0.4, 0.5) is 5.69 Å². The predicted octanol–water partition coefficient (Wildman–Crippen LogP) is 1.80. The van der Waals surface area contributed by atoms with Crippen molar-refractivity contribution in [2.24, 2.45) is 0 Å². The monoisotopic (exact) mass is 263 g/mol. The first-order valence-electron chi connectivity index (χ1n) is 5.01. The number of hydrogen-bond donors (Lipinski definition) is 2. The summed E-state index contributed by atoms with van der Waals surface area (Å²) in [5, 5.41) is 11.6. The molecule has 6 nitrogen and oxygen atoms in total. The summed E-state index contributed by atoms with van der Waals surface area (Å²) >= 11 is 0.936. The van der Waals surface area contributed by atoms with Gasteiger partial charge >= 0.3 is 5.97 Å². The Morgan fingerprint density at radius 3 is 2.78 bits per heavy atom. The van der Waals surface area contributed by atoms with Crippen molar-refractivity contribution >= 4 is 29.3 Å². The average molecular weight is 263 g/mol. The molecule has 2 rings (SSSR count). The van der Waals surface area contributed by atoms with Crippen molar-refractivity contribution in [1.82, 2.24) is 8.75 Å². The first kappa shape index (κ1) is 12.2. The van der Waals surface area contributed by atoms with Crippen LogP contribution >= 0.6 is 11.7 Å². The Balaban J connectivity index is 2.27. The van der Waals surface area contributed by atoms with Gasteiger partial charge in [0.1, 0.15) is 0 Å². The molecule has 0 atom stereocenters. The van der Waals surface area contributed by atoms with Crippen molar-refractivity contribution in [2.75, 3.05) is 5.32 Å². The molecule has 18 heavy (non-hydrogen) atoms. The topological polar surface area (TPSA) is 92.2 Å². The van der Waals surface area contributed by atoms with E-state index in [-0.39, 0.29) is 11.3 Å². The van der Waals surface area contributed by atoms with Gasteiger partial charge in [-0.15, -0.1) is 0 Å². The lowest BCUT2D eigenvalue weighted by atomic mass is 10.1. The lowest BCUT2D eigenvalue weighted by molar-refractivity contribution is 0.0695. The molecular weight excluding hydrogens is 254 g/mol. The van der Waals surface area contributed by atoms with Crippen LogP contribution in [0.2, 0.25) is 0 Å². The van der Waals surface area contributed by atoms with Crippen molar-refractivity contribution in [3.05, 3.63) is 41.2 Å². The van der Waals surface area contributed by atoms with E-state index in [0.29, 0.717) is 11.3 Å². The standard InChI is InChI=1S/C11H9N3O3S/c1-6-7(11(16)17)3-2-4-8(6)13-10(15)9-5-12-18-14-9/h2-5H,1H3,(H,13,15)(H,16,17). The van der Waals surface area contributed by atoms with Crippen molar-refractivity contribution < 1.29 is 14.7 Å². The zero-order chi connectivity index (χ0) is 13.1. The van der Waals surface area contributed by atoms with E-state index in [4.69, 9.17) is 5.11 Å². The fourth-order valence-electron chi connectivity index (χ4n) is 1.45. The Bertz CT molecular complexity index is 596. The van der Waals surface area contributed by atoms with Gasteiger partial charge in [0.25, 0.3) is 5.91 Å². The number of carbonyl (C=O) groups excluding carboxylic acids is 1. The Labute approximate surface area is 107 Å². The summed E-state index contributed by atoms with van der Waals surface area (Å²) in [4.78, 5) is 22.7. The summed E-state index contributed by atoms with van der Waals surface area (Å²) in [5.74, 6) is -1.44. The number of aromatic carboxylic acids is 1. The van der Waals surface area contributed by atoms with E-state index in [1.165, 1.54) is 12.3 Å². The van der Waals surface area contributed by atoms with E-state index in [9.17, 15) is 9.59 Å². The first-order chi connectivity index (χ1) is 8.59. The molecule has 1 amide bonds. The molecule has 0 aliphatic carbocycles. The van der Waals surface area contributed by atoms with Crippen LogP contribution in [0.3, 0.4) is 0 Å². The highest BCUT2D eigenvalue weighted by Crippen LogP contribution is 2.19. The number of benzene rings is 1. The van der Waals surface area contributed by atoms with Gasteiger partial charge in [-0.05, 0) is 24.6 Å². The molecule has 0 saturated heterocycles. The van der Waals surface area contributed by atoms with Crippen LogP contribution in [-0.4, -0.2) is 25.7 Å². The van der Waals surface area contributed by atoms with Gasteiger partial charge in [0.05, 0.1) is 23.5 Å². The van der Waals surface area contributed by atoms with E-state index in [2.05, 4.69) is 14.1 Å². The predicted molar refractivity (Wildman–Crippen MR) is 66.0 cm³/mol. The minimum atomic E-state index is -1.03. The summed E-state index contributed by atoms with van der Waals surface area (Å²) in [7, 11) is 0. The van der Waals surface area contributed by atoms with E-state index < -0.39 is 11.9 Å². The van der Waals surface area contributed by atoms with Gasteiger partial charge in [-0.3, -0.25) is 4.79 Å². The summed E-state index contributed by atoms with van der Waals surface area (Å²) in [6.45, 7) is 1.64. The zero-order valence-corrected chi connectivity index (χ0v) is 10.2. The number of hydrogen-bond acceptors (Lipinski definition) is 5. The van der Waals surface area contributed by atoms with Crippen LogP contribution in [0, 0.1) is 6.92 Å². The van der Waals surface area contributed by atoms with E-state index in [1.807, 2.05) is 0 Å². The van der Waals surface area contributed by atoms with Crippen LogP contribution in [0.25, 0.3) is 0 Å². The fraction of sp³-hybridized carbons (Fsp3) is 0.0909. The summed E-state index contributed by atoms with van der Waals surface area (Å²) in [5.41, 5.74) is 1.32.